The average molecular weight is 1250 g/mol. The van der Waals surface area contributed by atoms with Crippen molar-refractivity contribution in [3.05, 3.63) is 143 Å². The molecular formula is C72H76CoN4O4S4. The Bertz CT molecular complexity index is 3600. The summed E-state index contributed by atoms with van der Waals surface area (Å²) >= 11 is 6.87. The van der Waals surface area contributed by atoms with Crippen LogP contribution in [-0.2, 0) is 16.8 Å². The number of rotatable bonds is 30. The first-order valence-corrected chi connectivity index (χ1v) is 34.0. The summed E-state index contributed by atoms with van der Waals surface area (Å²) in [6.07, 6.45) is 26.9. The average Bonchev–Trinajstić information content (AvgIpc) is 4.37. The number of fused-ring (bicyclic) bond motifs is 8. The van der Waals surface area contributed by atoms with Gasteiger partial charge in [0.1, 0.15) is 23.0 Å². The van der Waals surface area contributed by atoms with Crippen molar-refractivity contribution < 1.29 is 35.7 Å². The minimum Gasteiger partial charge on any atom is -0.657 e. The summed E-state index contributed by atoms with van der Waals surface area (Å²) in [6.45, 7) is 11.7. The van der Waals surface area contributed by atoms with E-state index >= 15 is 0 Å². The molecule has 2 aliphatic heterocycles. The molecule has 0 saturated carbocycles. The molecule has 2 aromatic carbocycles. The molecule has 85 heavy (non-hydrogen) atoms. The SMILES string of the molecule is CCCCCCOc1csc(-c2sc(-c3c4nc(c(-c5ccccc5)c5ccc([n-]5)c(-c5cc(OCCCCCC)c(-c6cc(OCCCCCC)cs6)s5)c5nc(c(-c6ccccc6)c6ccc3[n-]6)C=C5)C=C4)cc2OCCCCCC)c1.[Co+2]. The molecule has 8 nitrogen and oxygen atoms in total. The predicted octanol–water partition coefficient (Wildman–Crippen LogP) is 22.0. The van der Waals surface area contributed by atoms with Gasteiger partial charge in [-0.25, -0.2) is 9.97 Å². The molecular weight excluding hydrogens is 1170 g/mol. The normalized spacial score (nSPS) is 11.8. The van der Waals surface area contributed by atoms with E-state index in [9.17, 15) is 0 Å². The molecule has 0 N–H and O–H groups in total. The zero-order valence-electron chi connectivity index (χ0n) is 49.4. The van der Waals surface area contributed by atoms with E-state index in [1.54, 1.807) is 45.3 Å². The Morgan fingerprint density at radius 1 is 0.365 bits per heavy atom. The van der Waals surface area contributed by atoms with Crippen molar-refractivity contribution in [2.45, 2.75) is 130 Å². The molecule has 0 fully saturated rings. The van der Waals surface area contributed by atoms with Gasteiger partial charge in [-0.05, 0) is 96.5 Å². The third-order valence-electron chi connectivity index (χ3n) is 15.3. The number of thiophene rings is 4. The van der Waals surface area contributed by atoms with Gasteiger partial charge >= 0.3 is 16.8 Å². The standard InChI is InChI=1S/C72H76N4O4S4.Co/c1-5-9-13-23-39-77-51-43-65(81-47-51)71-61(79-41-25-15-11-7-3)45-63(83-71)69-57-35-31-53(73-57)67(49-27-19-17-20-28-49)55-33-37-59(75-55)70(60-38-34-56(76-60)68(50-29-21-18-22-30-50)54-32-36-58(69)74-54)64-46-62(80-42-26-16-12-8-4)72(84-64)66-44-52(48-82-66)78-40-24-14-10-6-2;/h17-22,27-38,43-48H,5-16,23-26,39-42H2,1-4H3;/q-2;+2. The quantitative estimate of drug-likeness (QED) is 0.0411. The Kier molecular flexibility index (Phi) is 22.3. The van der Waals surface area contributed by atoms with Crippen LogP contribution in [0.5, 0.6) is 23.0 Å². The molecule has 9 aromatic rings. The van der Waals surface area contributed by atoms with E-state index in [1.165, 1.54) is 64.2 Å². The van der Waals surface area contributed by atoms with Crippen LogP contribution in [0, 0.1) is 0 Å². The van der Waals surface area contributed by atoms with Crippen molar-refractivity contribution in [1.29, 1.82) is 0 Å². The van der Waals surface area contributed by atoms with Gasteiger partial charge in [0.15, 0.2) is 0 Å². The molecule has 441 valence electrons. The summed E-state index contributed by atoms with van der Waals surface area (Å²) in [6, 6.07) is 38.5. The largest absolute Gasteiger partial charge is 2.00 e. The van der Waals surface area contributed by atoms with Gasteiger partial charge in [0, 0.05) is 31.6 Å². The van der Waals surface area contributed by atoms with E-state index in [0.29, 0.717) is 26.4 Å². The monoisotopic (exact) mass is 1250 g/mol. The Balaban J connectivity index is 0.00000803. The second-order valence-electron chi connectivity index (χ2n) is 21.6. The second kappa shape index (κ2) is 30.8. The minimum absolute atomic E-state index is 0. The third kappa shape index (κ3) is 15.0. The van der Waals surface area contributed by atoms with Crippen molar-refractivity contribution in [2.24, 2.45) is 0 Å². The Labute approximate surface area is 528 Å². The van der Waals surface area contributed by atoms with Gasteiger partial charge in [0.25, 0.3) is 0 Å². The van der Waals surface area contributed by atoms with Crippen LogP contribution in [0.3, 0.4) is 0 Å². The van der Waals surface area contributed by atoms with Gasteiger partial charge in [-0.2, -0.15) is 0 Å². The Hall–Kier alpha value is -6.45. The van der Waals surface area contributed by atoms with E-state index in [4.69, 9.17) is 38.9 Å². The van der Waals surface area contributed by atoms with E-state index in [0.717, 1.165) is 169 Å². The fraction of sp³-hybridized carbons (Fsp3) is 0.333. The summed E-state index contributed by atoms with van der Waals surface area (Å²) < 4.78 is 26.3. The summed E-state index contributed by atoms with van der Waals surface area (Å²) in [5, 5.41) is 4.27. The second-order valence-corrected chi connectivity index (χ2v) is 25.6. The van der Waals surface area contributed by atoms with Crippen molar-refractivity contribution in [3.8, 4) is 85.6 Å². The number of ether oxygens (including phenoxy) is 4. The first-order chi connectivity index (χ1) is 41.5. The van der Waals surface area contributed by atoms with E-state index in [2.05, 4.69) is 172 Å². The van der Waals surface area contributed by atoms with Gasteiger partial charge < -0.3 is 28.9 Å². The Morgan fingerprint density at radius 2 is 0.706 bits per heavy atom. The zero-order valence-corrected chi connectivity index (χ0v) is 53.7. The molecule has 11 rings (SSSR count). The molecule has 0 atom stereocenters. The number of nitrogens with zero attached hydrogens (tertiary/aromatic N) is 4. The van der Waals surface area contributed by atoms with Crippen LogP contribution in [0.4, 0.5) is 0 Å². The summed E-state index contributed by atoms with van der Waals surface area (Å²) in [4.78, 5) is 29.0. The number of benzene rings is 2. The topological polar surface area (TPSA) is 90.9 Å². The molecule has 7 aromatic heterocycles. The molecule has 0 spiro atoms. The van der Waals surface area contributed by atoms with Crippen LogP contribution in [0.25, 0.3) is 109 Å². The summed E-state index contributed by atoms with van der Waals surface area (Å²) in [7, 11) is 0. The Morgan fingerprint density at radius 3 is 1.07 bits per heavy atom. The van der Waals surface area contributed by atoms with Crippen molar-refractivity contribution in [3.63, 3.8) is 0 Å². The molecule has 9 heterocycles. The van der Waals surface area contributed by atoms with Gasteiger partial charge in [0.05, 0.1) is 68.7 Å². The van der Waals surface area contributed by atoms with E-state index in [-0.39, 0.29) is 16.8 Å². The first kappa shape index (κ1) is 61.6. The number of unbranched alkanes of at least 4 members (excludes halogenated alkanes) is 12. The summed E-state index contributed by atoms with van der Waals surface area (Å²) in [5.41, 5.74) is 12.4. The van der Waals surface area contributed by atoms with Gasteiger partial charge in [-0.15, -0.1) is 67.4 Å². The van der Waals surface area contributed by atoms with Crippen molar-refractivity contribution in [1.82, 2.24) is 19.9 Å². The maximum Gasteiger partial charge on any atom is 2.00 e. The third-order valence-corrected chi connectivity index (χ3v) is 19.7. The molecule has 0 amide bonds. The van der Waals surface area contributed by atoms with Gasteiger partial charge in [-0.3, -0.25) is 0 Å². The van der Waals surface area contributed by atoms with Crippen LogP contribution >= 0.6 is 45.3 Å². The van der Waals surface area contributed by atoms with Crippen LogP contribution < -0.4 is 28.9 Å². The molecule has 0 aliphatic carbocycles. The number of aromatic nitrogens is 4. The maximum atomic E-state index is 6.80. The molecule has 0 unspecified atom stereocenters. The van der Waals surface area contributed by atoms with E-state index < -0.39 is 0 Å². The molecule has 0 saturated heterocycles. The predicted molar refractivity (Wildman–Crippen MR) is 359 cm³/mol. The maximum absolute atomic E-state index is 6.80. The first-order valence-electron chi connectivity index (χ1n) is 30.6. The fourth-order valence-corrected chi connectivity index (χ4v) is 15.1. The number of hydrogen-bond acceptors (Lipinski definition) is 10. The van der Waals surface area contributed by atoms with Crippen LogP contribution in [0.2, 0.25) is 0 Å². The zero-order chi connectivity index (χ0) is 57.5. The molecule has 1 radical (unpaired) electrons. The summed E-state index contributed by atoms with van der Waals surface area (Å²) in [5.74, 6) is 3.55. The minimum atomic E-state index is 0. The number of hydrogen-bond donors (Lipinski definition) is 0. The molecule has 2 aliphatic rings. The van der Waals surface area contributed by atoms with E-state index in [1.807, 2.05) is 0 Å². The van der Waals surface area contributed by atoms with Crippen molar-refractivity contribution in [2.75, 3.05) is 26.4 Å². The van der Waals surface area contributed by atoms with Gasteiger partial charge in [-0.1, -0.05) is 190 Å². The van der Waals surface area contributed by atoms with Crippen molar-refractivity contribution >= 4 is 91.7 Å². The smallest absolute Gasteiger partial charge is 0.657 e. The van der Waals surface area contributed by atoms with Crippen LogP contribution in [0.1, 0.15) is 153 Å². The fourth-order valence-electron chi connectivity index (χ4n) is 10.8. The van der Waals surface area contributed by atoms with Crippen LogP contribution in [-0.4, -0.2) is 36.4 Å². The van der Waals surface area contributed by atoms with Crippen LogP contribution in [0.15, 0.2) is 120 Å². The molecule has 13 heteroatoms. The van der Waals surface area contributed by atoms with Gasteiger partial charge in [0.2, 0.25) is 0 Å². The molecule has 8 bridgehead atoms.